The number of hydrogen-bond donors (Lipinski definition) is 0. The first-order valence-electron chi connectivity index (χ1n) is 6.20. The molecule has 1 aliphatic heterocycles. The summed E-state index contributed by atoms with van der Waals surface area (Å²) in [5.74, 6) is 0.825. The summed E-state index contributed by atoms with van der Waals surface area (Å²) in [6.45, 7) is 3.49. The van der Waals surface area contributed by atoms with Crippen molar-refractivity contribution in [1.29, 1.82) is 0 Å². The zero-order chi connectivity index (χ0) is 13.0. The van der Waals surface area contributed by atoms with E-state index >= 15 is 0 Å². The molecule has 4 heteroatoms. The standard InChI is InChI=1S/C14H17NO3/c1-2-18-13-5-3-11(4-6-13)7-8-15-10-12(16)9-14(15)17/h3-6H,2,7-10H2,1H3. The summed E-state index contributed by atoms with van der Waals surface area (Å²) in [5, 5.41) is 0. The molecule has 0 bridgehead atoms. The van der Waals surface area contributed by atoms with E-state index in [9.17, 15) is 9.59 Å². The second-order valence-corrected chi connectivity index (χ2v) is 4.36. The molecule has 4 nitrogen and oxygen atoms in total. The van der Waals surface area contributed by atoms with Gasteiger partial charge in [-0.1, -0.05) is 12.1 Å². The molecule has 0 N–H and O–H groups in total. The third-order valence-corrected chi connectivity index (χ3v) is 2.97. The molecule has 1 aromatic rings. The van der Waals surface area contributed by atoms with Gasteiger partial charge in [0.1, 0.15) is 5.75 Å². The van der Waals surface area contributed by atoms with E-state index in [0.29, 0.717) is 13.2 Å². The Hall–Kier alpha value is -1.84. The Bertz CT molecular complexity index is 439. The van der Waals surface area contributed by atoms with Crippen molar-refractivity contribution in [3.8, 4) is 5.75 Å². The molecule has 1 amide bonds. The monoisotopic (exact) mass is 247 g/mol. The van der Waals surface area contributed by atoms with E-state index in [1.54, 1.807) is 4.90 Å². The molecule has 0 unspecified atom stereocenters. The highest BCUT2D eigenvalue weighted by atomic mass is 16.5. The smallest absolute Gasteiger partial charge is 0.230 e. The highest BCUT2D eigenvalue weighted by Crippen LogP contribution is 2.14. The predicted octanol–water partition coefficient (Wildman–Crippen LogP) is 1.43. The number of carbonyl (C=O) groups is 2. The van der Waals surface area contributed by atoms with Crippen LogP contribution in [0, 0.1) is 0 Å². The summed E-state index contributed by atoms with van der Waals surface area (Å²) in [7, 11) is 0. The van der Waals surface area contributed by atoms with Gasteiger partial charge in [0.05, 0.1) is 19.6 Å². The fourth-order valence-electron chi connectivity index (χ4n) is 2.02. The first-order chi connectivity index (χ1) is 8.69. The highest BCUT2D eigenvalue weighted by molar-refractivity contribution is 6.05. The summed E-state index contributed by atoms with van der Waals surface area (Å²) in [5.41, 5.74) is 1.14. The Kier molecular flexibility index (Phi) is 3.97. The fourth-order valence-corrected chi connectivity index (χ4v) is 2.02. The van der Waals surface area contributed by atoms with Gasteiger partial charge in [0.15, 0.2) is 5.78 Å². The van der Waals surface area contributed by atoms with Crippen LogP contribution in [0.4, 0.5) is 0 Å². The highest BCUT2D eigenvalue weighted by Gasteiger charge is 2.26. The number of ether oxygens (including phenoxy) is 1. The SMILES string of the molecule is CCOc1ccc(CCN2CC(=O)CC2=O)cc1. The van der Waals surface area contributed by atoms with E-state index in [4.69, 9.17) is 4.74 Å². The van der Waals surface area contributed by atoms with E-state index in [-0.39, 0.29) is 24.7 Å². The second-order valence-electron chi connectivity index (χ2n) is 4.36. The number of likely N-dealkylation sites (tertiary alicyclic amines) is 1. The molecule has 0 aromatic heterocycles. The van der Waals surface area contributed by atoms with Crippen molar-refractivity contribution in [1.82, 2.24) is 4.90 Å². The molecule has 2 rings (SSSR count). The van der Waals surface area contributed by atoms with Crippen LogP contribution < -0.4 is 4.74 Å². The van der Waals surface area contributed by atoms with Gasteiger partial charge in [-0.05, 0) is 31.0 Å². The van der Waals surface area contributed by atoms with Crippen LogP contribution in [-0.2, 0) is 16.0 Å². The quantitative estimate of drug-likeness (QED) is 0.739. The number of carbonyl (C=O) groups excluding carboxylic acids is 2. The van der Waals surface area contributed by atoms with Gasteiger partial charge >= 0.3 is 0 Å². The Morgan fingerprint density at radius 3 is 2.50 bits per heavy atom. The minimum Gasteiger partial charge on any atom is -0.494 e. The largest absolute Gasteiger partial charge is 0.494 e. The van der Waals surface area contributed by atoms with Gasteiger partial charge in [-0.25, -0.2) is 0 Å². The maximum Gasteiger partial charge on any atom is 0.230 e. The van der Waals surface area contributed by atoms with E-state index in [0.717, 1.165) is 17.7 Å². The number of ketones is 1. The van der Waals surface area contributed by atoms with Crippen LogP contribution in [0.5, 0.6) is 5.75 Å². The first kappa shape index (κ1) is 12.6. The Balaban J connectivity index is 1.86. The van der Waals surface area contributed by atoms with E-state index in [2.05, 4.69) is 0 Å². The number of benzene rings is 1. The molecule has 0 radical (unpaired) electrons. The molecule has 18 heavy (non-hydrogen) atoms. The van der Waals surface area contributed by atoms with Crippen molar-refractivity contribution in [2.45, 2.75) is 19.8 Å². The zero-order valence-corrected chi connectivity index (χ0v) is 10.5. The van der Waals surface area contributed by atoms with Gasteiger partial charge < -0.3 is 9.64 Å². The van der Waals surface area contributed by atoms with Crippen LogP contribution >= 0.6 is 0 Å². The van der Waals surface area contributed by atoms with Gasteiger partial charge in [0.2, 0.25) is 5.91 Å². The summed E-state index contributed by atoms with van der Waals surface area (Å²) in [4.78, 5) is 24.2. The van der Waals surface area contributed by atoms with Crippen molar-refractivity contribution >= 4 is 11.7 Å². The zero-order valence-electron chi connectivity index (χ0n) is 10.5. The molecule has 0 atom stereocenters. The lowest BCUT2D eigenvalue weighted by Gasteiger charge is -2.14. The lowest BCUT2D eigenvalue weighted by Crippen LogP contribution is -2.27. The van der Waals surface area contributed by atoms with Crippen molar-refractivity contribution in [3.05, 3.63) is 29.8 Å². The number of rotatable bonds is 5. The molecule has 1 fully saturated rings. The Morgan fingerprint density at radius 2 is 1.94 bits per heavy atom. The molecule has 0 saturated carbocycles. The molecular formula is C14H17NO3. The van der Waals surface area contributed by atoms with E-state index < -0.39 is 0 Å². The van der Waals surface area contributed by atoms with Crippen LogP contribution in [0.1, 0.15) is 18.9 Å². The minimum absolute atomic E-state index is 0.0201. The maximum absolute atomic E-state index is 11.4. The minimum atomic E-state index is -0.0501. The van der Waals surface area contributed by atoms with Gasteiger partial charge in [-0.3, -0.25) is 9.59 Å². The summed E-state index contributed by atoms with van der Waals surface area (Å²) < 4.78 is 5.36. The summed E-state index contributed by atoms with van der Waals surface area (Å²) in [6, 6.07) is 7.84. The third kappa shape index (κ3) is 3.09. The third-order valence-electron chi connectivity index (χ3n) is 2.97. The molecule has 0 aliphatic carbocycles. The Labute approximate surface area is 107 Å². The average molecular weight is 247 g/mol. The topological polar surface area (TPSA) is 46.6 Å². The first-order valence-corrected chi connectivity index (χ1v) is 6.20. The van der Waals surface area contributed by atoms with Crippen LogP contribution in [0.3, 0.4) is 0 Å². The van der Waals surface area contributed by atoms with Crippen molar-refractivity contribution in [2.24, 2.45) is 0 Å². The Morgan fingerprint density at radius 1 is 1.22 bits per heavy atom. The van der Waals surface area contributed by atoms with Crippen molar-refractivity contribution in [3.63, 3.8) is 0 Å². The molecule has 1 aliphatic rings. The van der Waals surface area contributed by atoms with Gasteiger partial charge in [0.25, 0.3) is 0 Å². The summed E-state index contributed by atoms with van der Waals surface area (Å²) in [6.07, 6.45) is 0.842. The average Bonchev–Trinajstić information content (AvgIpc) is 2.67. The summed E-state index contributed by atoms with van der Waals surface area (Å²) >= 11 is 0. The van der Waals surface area contributed by atoms with Gasteiger partial charge in [0, 0.05) is 6.54 Å². The van der Waals surface area contributed by atoms with Crippen LogP contribution in [0.15, 0.2) is 24.3 Å². The van der Waals surface area contributed by atoms with E-state index in [1.807, 2.05) is 31.2 Å². The van der Waals surface area contributed by atoms with E-state index in [1.165, 1.54) is 0 Å². The second kappa shape index (κ2) is 5.67. The van der Waals surface area contributed by atoms with Gasteiger partial charge in [-0.2, -0.15) is 0 Å². The molecule has 1 aromatic carbocycles. The van der Waals surface area contributed by atoms with Crippen LogP contribution in [-0.4, -0.2) is 36.3 Å². The lowest BCUT2D eigenvalue weighted by molar-refractivity contribution is -0.127. The number of hydrogen-bond acceptors (Lipinski definition) is 3. The van der Waals surface area contributed by atoms with Crippen LogP contribution in [0.25, 0.3) is 0 Å². The normalized spacial score (nSPS) is 15.3. The molecule has 1 heterocycles. The lowest BCUT2D eigenvalue weighted by atomic mass is 10.1. The maximum atomic E-state index is 11.4. The number of Topliss-reactive ketones (excluding diaryl/α,β-unsaturated/α-hetero) is 1. The van der Waals surface area contributed by atoms with Gasteiger partial charge in [-0.15, -0.1) is 0 Å². The number of amides is 1. The molecular weight excluding hydrogens is 230 g/mol. The number of nitrogens with zero attached hydrogens (tertiary/aromatic N) is 1. The van der Waals surface area contributed by atoms with Crippen LogP contribution in [0.2, 0.25) is 0 Å². The fraction of sp³-hybridized carbons (Fsp3) is 0.429. The molecule has 96 valence electrons. The molecule has 0 spiro atoms. The van der Waals surface area contributed by atoms with Crippen molar-refractivity contribution in [2.75, 3.05) is 19.7 Å². The van der Waals surface area contributed by atoms with Crippen molar-refractivity contribution < 1.29 is 14.3 Å². The predicted molar refractivity (Wildman–Crippen MR) is 67.5 cm³/mol. The molecule has 1 saturated heterocycles.